The van der Waals surface area contributed by atoms with Crippen molar-refractivity contribution in [2.24, 2.45) is 0 Å². The van der Waals surface area contributed by atoms with Gasteiger partial charge in [-0.15, -0.1) is 0 Å². The predicted octanol–water partition coefficient (Wildman–Crippen LogP) is 5.07. The lowest BCUT2D eigenvalue weighted by molar-refractivity contribution is -0.0498. The molecule has 0 saturated carbocycles. The third-order valence-corrected chi connectivity index (χ3v) is 3.55. The summed E-state index contributed by atoms with van der Waals surface area (Å²) in [6.45, 7) is -0.745. The van der Waals surface area contributed by atoms with Gasteiger partial charge in [0.1, 0.15) is 5.75 Å². The molecular formula is C15H14F2INO. The van der Waals surface area contributed by atoms with Gasteiger partial charge in [0.05, 0.1) is 0 Å². The Morgan fingerprint density at radius 2 is 1.60 bits per heavy atom. The Morgan fingerprint density at radius 1 is 1.00 bits per heavy atom. The van der Waals surface area contributed by atoms with Gasteiger partial charge in [-0.1, -0.05) is 12.1 Å². The molecule has 0 bridgehead atoms. The number of hydrogen-bond acceptors (Lipinski definition) is 2. The second kappa shape index (κ2) is 6.88. The molecule has 1 unspecified atom stereocenters. The molecule has 5 heteroatoms. The fourth-order valence-electron chi connectivity index (χ4n) is 1.82. The Labute approximate surface area is 130 Å². The maximum absolute atomic E-state index is 12.0. The van der Waals surface area contributed by atoms with E-state index in [-0.39, 0.29) is 11.8 Å². The zero-order chi connectivity index (χ0) is 14.5. The number of nitrogens with one attached hydrogen (secondary N) is 1. The fourth-order valence-corrected chi connectivity index (χ4v) is 2.18. The summed E-state index contributed by atoms with van der Waals surface area (Å²) in [5, 5.41) is 3.31. The van der Waals surface area contributed by atoms with Crippen molar-refractivity contribution < 1.29 is 13.5 Å². The molecule has 106 valence electrons. The average Bonchev–Trinajstić information content (AvgIpc) is 2.41. The van der Waals surface area contributed by atoms with Crippen LogP contribution >= 0.6 is 22.6 Å². The molecule has 0 amide bonds. The Kier molecular flexibility index (Phi) is 5.17. The zero-order valence-corrected chi connectivity index (χ0v) is 13.0. The summed E-state index contributed by atoms with van der Waals surface area (Å²) >= 11 is 2.26. The minimum absolute atomic E-state index is 0.133. The lowest BCUT2D eigenvalue weighted by Crippen LogP contribution is -2.06. The summed E-state index contributed by atoms with van der Waals surface area (Å²) in [4.78, 5) is 0. The van der Waals surface area contributed by atoms with Crippen molar-refractivity contribution in [2.45, 2.75) is 19.6 Å². The van der Waals surface area contributed by atoms with Crippen LogP contribution in [0.5, 0.6) is 5.75 Å². The number of hydrogen-bond donors (Lipinski definition) is 1. The molecule has 0 radical (unpaired) electrons. The van der Waals surface area contributed by atoms with Gasteiger partial charge in [0.25, 0.3) is 0 Å². The van der Waals surface area contributed by atoms with Gasteiger partial charge >= 0.3 is 6.61 Å². The van der Waals surface area contributed by atoms with Gasteiger partial charge in [-0.05, 0) is 71.5 Å². The Morgan fingerprint density at radius 3 is 2.15 bits per heavy atom. The molecule has 1 atom stereocenters. The van der Waals surface area contributed by atoms with Crippen LogP contribution in [0.4, 0.5) is 14.5 Å². The lowest BCUT2D eigenvalue weighted by Gasteiger charge is -2.16. The molecule has 0 saturated heterocycles. The Bertz CT molecular complexity index is 543. The van der Waals surface area contributed by atoms with E-state index >= 15 is 0 Å². The molecule has 2 rings (SSSR count). The third kappa shape index (κ3) is 4.33. The topological polar surface area (TPSA) is 21.3 Å². The molecule has 20 heavy (non-hydrogen) atoms. The van der Waals surface area contributed by atoms with E-state index in [9.17, 15) is 8.78 Å². The molecule has 0 aliphatic rings. The first-order chi connectivity index (χ1) is 9.54. The van der Waals surface area contributed by atoms with E-state index in [1.165, 1.54) is 21.3 Å². The van der Waals surface area contributed by atoms with E-state index in [2.05, 4.69) is 44.8 Å². The van der Waals surface area contributed by atoms with Crippen LogP contribution in [-0.2, 0) is 0 Å². The van der Waals surface area contributed by atoms with Gasteiger partial charge in [-0.3, -0.25) is 0 Å². The summed E-state index contributed by atoms with van der Waals surface area (Å²) in [6, 6.07) is 14.9. The van der Waals surface area contributed by atoms with Crippen molar-refractivity contribution in [3.63, 3.8) is 0 Å². The van der Waals surface area contributed by atoms with Crippen molar-refractivity contribution in [2.75, 3.05) is 5.32 Å². The van der Waals surface area contributed by atoms with Gasteiger partial charge in [0.2, 0.25) is 0 Å². The van der Waals surface area contributed by atoms with Gasteiger partial charge in [-0.2, -0.15) is 8.78 Å². The maximum atomic E-state index is 12.0. The summed E-state index contributed by atoms with van der Waals surface area (Å²) in [7, 11) is 0. The van der Waals surface area contributed by atoms with Gasteiger partial charge in [-0.25, -0.2) is 0 Å². The zero-order valence-electron chi connectivity index (χ0n) is 10.8. The summed E-state index contributed by atoms with van der Waals surface area (Å²) in [5.41, 5.74) is 2.02. The van der Waals surface area contributed by atoms with Crippen molar-refractivity contribution in [3.05, 3.63) is 57.7 Å². The first-order valence-corrected chi connectivity index (χ1v) is 7.19. The van der Waals surface area contributed by atoms with Crippen molar-refractivity contribution >= 4 is 28.3 Å². The maximum Gasteiger partial charge on any atom is 0.387 e. The number of ether oxygens (including phenoxy) is 1. The number of alkyl halides is 2. The molecular weight excluding hydrogens is 375 g/mol. The molecule has 2 aromatic rings. The van der Waals surface area contributed by atoms with Crippen LogP contribution < -0.4 is 10.1 Å². The van der Waals surface area contributed by atoms with Crippen LogP contribution in [0, 0.1) is 3.57 Å². The Balaban J connectivity index is 2.00. The monoisotopic (exact) mass is 389 g/mol. The highest BCUT2D eigenvalue weighted by atomic mass is 127. The minimum atomic E-state index is -2.79. The first kappa shape index (κ1) is 15.0. The van der Waals surface area contributed by atoms with Crippen LogP contribution in [-0.4, -0.2) is 6.61 Å². The molecule has 1 N–H and O–H groups in total. The fraction of sp³-hybridized carbons (Fsp3) is 0.200. The van der Waals surface area contributed by atoms with Crippen molar-refractivity contribution in [3.8, 4) is 5.75 Å². The second-order valence-corrected chi connectivity index (χ2v) is 5.57. The predicted molar refractivity (Wildman–Crippen MR) is 84.3 cm³/mol. The lowest BCUT2D eigenvalue weighted by atomic mass is 10.1. The van der Waals surface area contributed by atoms with E-state index in [0.717, 1.165) is 5.69 Å². The van der Waals surface area contributed by atoms with Crippen molar-refractivity contribution in [1.29, 1.82) is 0 Å². The molecule has 0 fully saturated rings. The van der Waals surface area contributed by atoms with E-state index in [0.29, 0.717) is 0 Å². The highest BCUT2D eigenvalue weighted by molar-refractivity contribution is 14.1. The Hall–Kier alpha value is -1.37. The second-order valence-electron chi connectivity index (χ2n) is 4.32. The van der Waals surface area contributed by atoms with Crippen LogP contribution in [0.2, 0.25) is 0 Å². The van der Waals surface area contributed by atoms with Crippen LogP contribution in [0.25, 0.3) is 0 Å². The van der Waals surface area contributed by atoms with Crippen LogP contribution in [0.1, 0.15) is 18.5 Å². The van der Waals surface area contributed by atoms with Gasteiger partial charge in [0.15, 0.2) is 0 Å². The van der Waals surface area contributed by atoms with Crippen LogP contribution in [0.3, 0.4) is 0 Å². The quantitative estimate of drug-likeness (QED) is 0.722. The smallest absolute Gasteiger partial charge is 0.387 e. The standard InChI is InChI=1S/C15H14F2INO/c1-10(11-2-4-12(18)5-3-11)19-13-6-8-14(9-7-13)20-15(16)17/h2-10,15,19H,1H3. The summed E-state index contributed by atoms with van der Waals surface area (Å²) in [5.74, 6) is 0.160. The highest BCUT2D eigenvalue weighted by Crippen LogP contribution is 2.22. The molecule has 2 nitrogen and oxygen atoms in total. The molecule has 0 aliphatic carbocycles. The molecule has 0 aromatic heterocycles. The normalized spacial score (nSPS) is 12.2. The number of rotatable bonds is 5. The molecule has 2 aromatic carbocycles. The SMILES string of the molecule is CC(Nc1ccc(OC(F)F)cc1)c1ccc(I)cc1. The molecule has 0 heterocycles. The number of anilines is 1. The van der Waals surface area contributed by atoms with Gasteiger partial charge < -0.3 is 10.1 Å². The van der Waals surface area contributed by atoms with E-state index in [4.69, 9.17) is 0 Å². The number of halogens is 3. The largest absolute Gasteiger partial charge is 0.435 e. The number of benzene rings is 2. The van der Waals surface area contributed by atoms with E-state index < -0.39 is 6.61 Å². The van der Waals surface area contributed by atoms with Gasteiger partial charge in [0, 0.05) is 15.3 Å². The van der Waals surface area contributed by atoms with E-state index in [1.54, 1.807) is 12.1 Å². The van der Waals surface area contributed by atoms with E-state index in [1.807, 2.05) is 19.1 Å². The highest BCUT2D eigenvalue weighted by Gasteiger charge is 2.07. The summed E-state index contributed by atoms with van der Waals surface area (Å²) in [6.07, 6.45) is 0. The first-order valence-electron chi connectivity index (χ1n) is 6.11. The van der Waals surface area contributed by atoms with Crippen molar-refractivity contribution in [1.82, 2.24) is 0 Å². The molecule has 0 aliphatic heterocycles. The third-order valence-electron chi connectivity index (χ3n) is 2.83. The average molecular weight is 389 g/mol. The molecule has 0 spiro atoms. The summed E-state index contributed by atoms with van der Waals surface area (Å²) < 4.78 is 29.6. The minimum Gasteiger partial charge on any atom is -0.435 e. The van der Waals surface area contributed by atoms with Crippen LogP contribution in [0.15, 0.2) is 48.5 Å².